The Kier molecular flexibility index (Phi) is 8.84. The molecule has 0 aliphatic carbocycles. The van der Waals surface area contributed by atoms with Gasteiger partial charge in [-0.1, -0.05) is 24.3 Å². The number of hydrogen-bond donors (Lipinski definition) is 2. The molecule has 2 heterocycles. The van der Waals surface area contributed by atoms with Crippen LogP contribution in [-0.2, 0) is 12.7 Å². The van der Waals surface area contributed by atoms with Gasteiger partial charge in [0, 0.05) is 73.2 Å². The third kappa shape index (κ3) is 7.43. The van der Waals surface area contributed by atoms with Gasteiger partial charge < -0.3 is 15.5 Å². The summed E-state index contributed by atoms with van der Waals surface area (Å²) >= 11 is 0. The fraction of sp³-hybridized carbons (Fsp3) is 0.250. The molecular weight excluding hydrogens is 557 g/mol. The van der Waals surface area contributed by atoms with E-state index in [1.807, 2.05) is 18.0 Å². The number of halogens is 3. The van der Waals surface area contributed by atoms with Gasteiger partial charge in [0.25, 0.3) is 11.8 Å². The summed E-state index contributed by atoms with van der Waals surface area (Å²) in [6.45, 7) is 4.93. The van der Waals surface area contributed by atoms with E-state index in [1.165, 1.54) is 24.5 Å². The van der Waals surface area contributed by atoms with E-state index in [4.69, 9.17) is 0 Å². The second-order valence-corrected chi connectivity index (χ2v) is 10.6. The van der Waals surface area contributed by atoms with Crippen LogP contribution in [0.2, 0.25) is 0 Å². The molecule has 3 aromatic carbocycles. The molecule has 2 N–H and O–H groups in total. The van der Waals surface area contributed by atoms with Crippen LogP contribution in [0.5, 0.6) is 0 Å². The number of alkyl halides is 3. The summed E-state index contributed by atoms with van der Waals surface area (Å²) in [6, 6.07) is 15.6. The van der Waals surface area contributed by atoms with Crippen molar-refractivity contribution in [2.75, 3.05) is 43.9 Å². The average Bonchev–Trinajstić information content (AvgIpc) is 3.00. The van der Waals surface area contributed by atoms with Crippen molar-refractivity contribution in [3.05, 3.63) is 107 Å². The van der Waals surface area contributed by atoms with Crippen molar-refractivity contribution >= 4 is 23.2 Å². The number of carbonyl (C=O) groups is 2. The SMILES string of the molecule is Cc1ccc(C(=O)Nc2ccc(CN3CCN(C)CC3)c(C(F)(F)F)c2)cc1NC(=O)c1cccc(-c2cncnc2)c1. The molecule has 8 nitrogen and oxygen atoms in total. The largest absolute Gasteiger partial charge is 0.416 e. The number of aromatic nitrogens is 2. The molecule has 2 amide bonds. The fourth-order valence-electron chi connectivity index (χ4n) is 4.89. The fourth-order valence-corrected chi connectivity index (χ4v) is 4.89. The number of nitrogens with one attached hydrogen (secondary N) is 2. The van der Waals surface area contributed by atoms with Gasteiger partial charge in [-0.15, -0.1) is 0 Å². The van der Waals surface area contributed by atoms with Gasteiger partial charge in [-0.2, -0.15) is 13.2 Å². The predicted molar refractivity (Wildman–Crippen MR) is 159 cm³/mol. The lowest BCUT2D eigenvalue weighted by Crippen LogP contribution is -2.44. The number of anilines is 2. The highest BCUT2D eigenvalue weighted by Crippen LogP contribution is 2.35. The number of carbonyl (C=O) groups excluding carboxylic acids is 2. The molecule has 1 saturated heterocycles. The molecule has 5 rings (SSSR count). The van der Waals surface area contributed by atoms with E-state index in [1.54, 1.807) is 49.6 Å². The first kappa shape index (κ1) is 29.9. The number of hydrogen-bond acceptors (Lipinski definition) is 6. The number of aryl methyl sites for hydroxylation is 1. The van der Waals surface area contributed by atoms with Gasteiger partial charge in [-0.25, -0.2) is 9.97 Å². The Hall–Kier alpha value is -4.61. The van der Waals surface area contributed by atoms with Crippen LogP contribution in [0, 0.1) is 6.92 Å². The maximum Gasteiger partial charge on any atom is 0.416 e. The third-order valence-corrected chi connectivity index (χ3v) is 7.43. The summed E-state index contributed by atoms with van der Waals surface area (Å²) < 4.78 is 42.0. The molecule has 222 valence electrons. The van der Waals surface area contributed by atoms with Crippen molar-refractivity contribution in [2.45, 2.75) is 19.6 Å². The number of rotatable bonds is 7. The van der Waals surface area contributed by atoms with Gasteiger partial charge in [-0.3, -0.25) is 14.5 Å². The zero-order valence-corrected chi connectivity index (χ0v) is 23.8. The number of piperazine rings is 1. The molecule has 43 heavy (non-hydrogen) atoms. The molecule has 1 aliphatic heterocycles. The normalized spacial score (nSPS) is 14.3. The summed E-state index contributed by atoms with van der Waals surface area (Å²) in [5.41, 5.74) is 2.66. The summed E-state index contributed by atoms with van der Waals surface area (Å²) in [5, 5.41) is 5.42. The highest BCUT2D eigenvalue weighted by atomic mass is 19.4. The van der Waals surface area contributed by atoms with Crippen molar-refractivity contribution in [3.63, 3.8) is 0 Å². The van der Waals surface area contributed by atoms with Crippen molar-refractivity contribution in [2.24, 2.45) is 0 Å². The Morgan fingerprint density at radius 1 is 0.837 bits per heavy atom. The average molecular weight is 589 g/mol. The quantitative estimate of drug-likeness (QED) is 0.287. The van der Waals surface area contributed by atoms with Crippen molar-refractivity contribution in [1.82, 2.24) is 19.8 Å². The van der Waals surface area contributed by atoms with E-state index >= 15 is 0 Å². The minimum atomic E-state index is -4.57. The minimum Gasteiger partial charge on any atom is -0.322 e. The zero-order chi connectivity index (χ0) is 30.6. The van der Waals surface area contributed by atoms with Gasteiger partial charge in [0.05, 0.1) is 5.56 Å². The zero-order valence-electron chi connectivity index (χ0n) is 23.8. The number of nitrogens with zero attached hydrogens (tertiary/aromatic N) is 4. The third-order valence-electron chi connectivity index (χ3n) is 7.43. The molecule has 1 aromatic heterocycles. The van der Waals surface area contributed by atoms with E-state index in [0.29, 0.717) is 29.9 Å². The van der Waals surface area contributed by atoms with Crippen LogP contribution in [0.1, 0.15) is 37.4 Å². The molecule has 0 bridgehead atoms. The molecule has 1 aliphatic rings. The molecule has 0 unspecified atom stereocenters. The van der Waals surface area contributed by atoms with Gasteiger partial charge in [0.15, 0.2) is 0 Å². The lowest BCUT2D eigenvalue weighted by atomic mass is 10.0. The van der Waals surface area contributed by atoms with Gasteiger partial charge in [0.2, 0.25) is 0 Å². The van der Waals surface area contributed by atoms with Crippen molar-refractivity contribution in [3.8, 4) is 11.1 Å². The summed E-state index contributed by atoms with van der Waals surface area (Å²) in [5.74, 6) is -0.980. The Balaban J connectivity index is 1.31. The summed E-state index contributed by atoms with van der Waals surface area (Å²) in [6.07, 6.45) is 0.143. The Bertz CT molecular complexity index is 1620. The highest BCUT2D eigenvalue weighted by molar-refractivity contribution is 6.08. The summed E-state index contributed by atoms with van der Waals surface area (Å²) in [4.78, 5) is 38.3. The monoisotopic (exact) mass is 588 g/mol. The smallest absolute Gasteiger partial charge is 0.322 e. The minimum absolute atomic E-state index is 0.0346. The lowest BCUT2D eigenvalue weighted by Gasteiger charge is -2.33. The van der Waals surface area contributed by atoms with Crippen LogP contribution in [0.4, 0.5) is 24.5 Å². The molecule has 11 heteroatoms. The maximum absolute atomic E-state index is 14.0. The molecule has 1 fully saturated rings. The number of benzene rings is 3. The van der Waals surface area contributed by atoms with Crippen LogP contribution >= 0.6 is 0 Å². The predicted octanol–water partition coefficient (Wildman–Crippen LogP) is 5.72. The van der Waals surface area contributed by atoms with Gasteiger partial charge in [0.1, 0.15) is 6.33 Å². The van der Waals surface area contributed by atoms with Crippen molar-refractivity contribution < 1.29 is 22.8 Å². The van der Waals surface area contributed by atoms with Gasteiger partial charge in [-0.05, 0) is 67.1 Å². The van der Waals surface area contributed by atoms with Gasteiger partial charge >= 0.3 is 6.18 Å². The second kappa shape index (κ2) is 12.7. The standard InChI is InChI=1S/C32H31F3N6O2/c1-21-6-7-24(15-29(21)39-31(43)23-5-3-4-22(14-23)26-17-36-20-37-18-26)30(42)38-27-9-8-25(28(16-27)32(33,34)35)19-41-12-10-40(2)11-13-41/h3-9,14-18,20H,10-13,19H2,1-2H3,(H,38,42)(H,39,43). The Morgan fingerprint density at radius 2 is 1.53 bits per heavy atom. The van der Waals surface area contributed by atoms with Crippen LogP contribution < -0.4 is 10.6 Å². The molecule has 0 saturated carbocycles. The Labute approximate surface area is 247 Å². The molecular formula is C32H31F3N6O2. The topological polar surface area (TPSA) is 90.5 Å². The van der Waals surface area contributed by atoms with E-state index in [2.05, 4.69) is 25.5 Å². The second-order valence-electron chi connectivity index (χ2n) is 10.6. The first-order chi connectivity index (χ1) is 20.6. The molecule has 0 spiro atoms. The molecule has 4 aromatic rings. The Morgan fingerprint density at radius 3 is 2.26 bits per heavy atom. The van der Waals surface area contributed by atoms with Crippen LogP contribution in [-0.4, -0.2) is 64.8 Å². The first-order valence-electron chi connectivity index (χ1n) is 13.8. The first-order valence-corrected chi connectivity index (χ1v) is 13.8. The highest BCUT2D eigenvalue weighted by Gasteiger charge is 2.34. The number of amides is 2. The van der Waals surface area contributed by atoms with E-state index < -0.39 is 17.6 Å². The lowest BCUT2D eigenvalue weighted by molar-refractivity contribution is -0.138. The number of likely N-dealkylation sites (N-methyl/N-ethyl adjacent to an activating group) is 1. The van der Waals surface area contributed by atoms with Crippen LogP contribution in [0.15, 0.2) is 79.4 Å². The maximum atomic E-state index is 14.0. The van der Waals surface area contributed by atoms with Crippen LogP contribution in [0.25, 0.3) is 11.1 Å². The molecule has 0 atom stereocenters. The van der Waals surface area contributed by atoms with E-state index in [-0.39, 0.29) is 29.3 Å². The van der Waals surface area contributed by atoms with E-state index in [9.17, 15) is 22.8 Å². The summed E-state index contributed by atoms with van der Waals surface area (Å²) in [7, 11) is 1.99. The van der Waals surface area contributed by atoms with E-state index in [0.717, 1.165) is 30.3 Å². The van der Waals surface area contributed by atoms with Crippen LogP contribution in [0.3, 0.4) is 0 Å². The van der Waals surface area contributed by atoms with Crippen molar-refractivity contribution in [1.29, 1.82) is 0 Å². The molecule has 0 radical (unpaired) electrons.